The van der Waals surface area contributed by atoms with Crippen LogP contribution in [0.5, 0.6) is 5.75 Å². The number of halogens is 2. The predicted octanol–water partition coefficient (Wildman–Crippen LogP) is 4.13. The first-order chi connectivity index (χ1) is 10.5. The van der Waals surface area contributed by atoms with Crippen LogP contribution in [-0.4, -0.2) is 18.1 Å². The first kappa shape index (κ1) is 16.5. The van der Waals surface area contributed by atoms with Crippen molar-refractivity contribution in [3.05, 3.63) is 58.1 Å². The van der Waals surface area contributed by atoms with Crippen molar-refractivity contribution in [1.82, 2.24) is 5.32 Å². The smallest absolute Gasteiger partial charge is 0.258 e. The van der Waals surface area contributed by atoms with Crippen LogP contribution in [0, 0.1) is 0 Å². The van der Waals surface area contributed by atoms with E-state index in [9.17, 15) is 4.79 Å². The number of hydrogen-bond acceptors (Lipinski definition) is 3. The van der Waals surface area contributed by atoms with Gasteiger partial charge in [-0.15, -0.1) is 0 Å². The second-order valence-electron chi connectivity index (χ2n) is 4.24. The molecule has 0 fully saturated rings. The first-order valence-corrected chi connectivity index (χ1v) is 7.38. The van der Waals surface area contributed by atoms with Gasteiger partial charge in [0.25, 0.3) is 5.91 Å². The monoisotopic (exact) mass is 354 g/mol. The third-order valence-electron chi connectivity index (χ3n) is 2.76. The molecule has 0 atom stereocenters. The standard InChI is InChI=1S/C15H12Cl2N2O2S/c1-21-13-7-6-9(8-12(13)17)18-15(22)19-14(20)10-4-2-3-5-11(10)16/h2-8H,1H3,(H2,18,19,20,22). The summed E-state index contributed by atoms with van der Waals surface area (Å²) in [4.78, 5) is 12.1. The molecule has 0 unspecified atom stereocenters. The Balaban J connectivity index is 2.03. The second-order valence-corrected chi connectivity index (χ2v) is 5.46. The summed E-state index contributed by atoms with van der Waals surface area (Å²) < 4.78 is 5.06. The lowest BCUT2D eigenvalue weighted by molar-refractivity contribution is 0.0978. The molecule has 0 aromatic heterocycles. The van der Waals surface area contributed by atoms with Crippen LogP contribution >= 0.6 is 35.4 Å². The lowest BCUT2D eigenvalue weighted by Crippen LogP contribution is -2.34. The lowest BCUT2D eigenvalue weighted by Gasteiger charge is -2.11. The fourth-order valence-corrected chi connectivity index (χ4v) is 2.41. The van der Waals surface area contributed by atoms with Gasteiger partial charge in [0.1, 0.15) is 5.75 Å². The molecular weight excluding hydrogens is 343 g/mol. The van der Waals surface area contributed by atoms with Gasteiger partial charge in [0, 0.05) is 5.69 Å². The van der Waals surface area contributed by atoms with Crippen LogP contribution in [0.1, 0.15) is 10.4 Å². The van der Waals surface area contributed by atoms with Gasteiger partial charge >= 0.3 is 0 Å². The third kappa shape index (κ3) is 4.10. The van der Waals surface area contributed by atoms with E-state index in [1.165, 1.54) is 7.11 Å². The fourth-order valence-electron chi connectivity index (χ4n) is 1.72. The maximum atomic E-state index is 12.1. The highest BCUT2D eigenvalue weighted by atomic mass is 35.5. The number of carbonyl (C=O) groups excluding carboxylic acids is 1. The van der Waals surface area contributed by atoms with Gasteiger partial charge in [-0.1, -0.05) is 35.3 Å². The Hall–Kier alpha value is -1.82. The average Bonchev–Trinajstić information content (AvgIpc) is 2.47. The van der Waals surface area contributed by atoms with Crippen molar-refractivity contribution >= 4 is 52.1 Å². The number of ether oxygens (including phenoxy) is 1. The molecule has 0 aliphatic rings. The molecule has 2 N–H and O–H groups in total. The molecule has 0 saturated heterocycles. The fraction of sp³-hybridized carbons (Fsp3) is 0.0667. The highest BCUT2D eigenvalue weighted by molar-refractivity contribution is 7.80. The Morgan fingerprint density at radius 2 is 1.86 bits per heavy atom. The number of rotatable bonds is 3. The van der Waals surface area contributed by atoms with E-state index in [0.29, 0.717) is 27.0 Å². The highest BCUT2D eigenvalue weighted by Gasteiger charge is 2.11. The summed E-state index contributed by atoms with van der Waals surface area (Å²) in [5.41, 5.74) is 0.983. The number of methoxy groups -OCH3 is 1. The zero-order valence-corrected chi connectivity index (χ0v) is 13.9. The summed E-state index contributed by atoms with van der Waals surface area (Å²) in [7, 11) is 1.53. The SMILES string of the molecule is COc1ccc(NC(=S)NC(=O)c2ccccc2Cl)cc1Cl. The molecule has 0 radical (unpaired) electrons. The van der Waals surface area contributed by atoms with Gasteiger partial charge in [-0.05, 0) is 42.5 Å². The Bertz CT molecular complexity index is 722. The second kappa shape index (κ2) is 7.45. The Morgan fingerprint density at radius 1 is 1.14 bits per heavy atom. The molecule has 0 heterocycles. The minimum Gasteiger partial charge on any atom is -0.495 e. The van der Waals surface area contributed by atoms with Crippen molar-refractivity contribution in [2.75, 3.05) is 12.4 Å². The highest BCUT2D eigenvalue weighted by Crippen LogP contribution is 2.27. The maximum absolute atomic E-state index is 12.1. The molecule has 0 saturated carbocycles. The zero-order chi connectivity index (χ0) is 16.1. The summed E-state index contributed by atoms with van der Waals surface area (Å²) in [6, 6.07) is 11.8. The molecule has 2 aromatic rings. The molecule has 0 spiro atoms. The summed E-state index contributed by atoms with van der Waals surface area (Å²) in [6.07, 6.45) is 0. The van der Waals surface area contributed by atoms with Crippen molar-refractivity contribution in [2.24, 2.45) is 0 Å². The predicted molar refractivity (Wildman–Crippen MR) is 93.1 cm³/mol. The van der Waals surface area contributed by atoms with Crippen LogP contribution < -0.4 is 15.4 Å². The van der Waals surface area contributed by atoms with Crippen LogP contribution in [0.15, 0.2) is 42.5 Å². The molecular formula is C15H12Cl2N2O2S. The number of nitrogens with one attached hydrogen (secondary N) is 2. The molecule has 0 bridgehead atoms. The zero-order valence-electron chi connectivity index (χ0n) is 11.5. The van der Waals surface area contributed by atoms with E-state index in [0.717, 1.165) is 0 Å². The minimum atomic E-state index is -0.386. The van der Waals surface area contributed by atoms with E-state index in [1.807, 2.05) is 0 Å². The molecule has 0 aliphatic carbocycles. The maximum Gasteiger partial charge on any atom is 0.258 e. The molecule has 1 amide bonds. The molecule has 2 aromatic carbocycles. The topological polar surface area (TPSA) is 50.4 Å². The number of carbonyl (C=O) groups is 1. The van der Waals surface area contributed by atoms with Gasteiger partial charge in [-0.25, -0.2) is 0 Å². The van der Waals surface area contributed by atoms with E-state index in [1.54, 1.807) is 42.5 Å². The molecule has 4 nitrogen and oxygen atoms in total. The van der Waals surface area contributed by atoms with Crippen LogP contribution in [-0.2, 0) is 0 Å². The summed E-state index contributed by atoms with van der Waals surface area (Å²) in [6.45, 7) is 0. The molecule has 114 valence electrons. The molecule has 2 rings (SSSR count). The Labute approximate surface area is 143 Å². The summed E-state index contributed by atoms with van der Waals surface area (Å²) in [5, 5.41) is 6.37. The quantitative estimate of drug-likeness (QED) is 0.813. The number of hydrogen-bond donors (Lipinski definition) is 2. The van der Waals surface area contributed by atoms with Crippen LogP contribution in [0.25, 0.3) is 0 Å². The number of thiocarbonyl (C=S) groups is 1. The van der Waals surface area contributed by atoms with Crippen molar-refractivity contribution in [1.29, 1.82) is 0 Å². The van der Waals surface area contributed by atoms with Crippen molar-refractivity contribution in [3.8, 4) is 5.75 Å². The van der Waals surface area contributed by atoms with Gasteiger partial charge in [-0.2, -0.15) is 0 Å². The van der Waals surface area contributed by atoms with E-state index < -0.39 is 0 Å². The van der Waals surface area contributed by atoms with Gasteiger partial charge in [-0.3, -0.25) is 10.1 Å². The average molecular weight is 355 g/mol. The number of benzene rings is 2. The van der Waals surface area contributed by atoms with E-state index in [4.69, 9.17) is 40.2 Å². The van der Waals surface area contributed by atoms with Gasteiger partial charge in [0.15, 0.2) is 5.11 Å². The molecule has 0 aliphatic heterocycles. The summed E-state index contributed by atoms with van der Waals surface area (Å²) in [5.74, 6) is 0.168. The van der Waals surface area contributed by atoms with Gasteiger partial charge in [0.2, 0.25) is 0 Å². The van der Waals surface area contributed by atoms with Crippen molar-refractivity contribution < 1.29 is 9.53 Å². The molecule has 22 heavy (non-hydrogen) atoms. The first-order valence-electron chi connectivity index (χ1n) is 6.21. The Morgan fingerprint density at radius 3 is 2.50 bits per heavy atom. The normalized spacial score (nSPS) is 9.95. The van der Waals surface area contributed by atoms with E-state index in [-0.39, 0.29) is 11.0 Å². The van der Waals surface area contributed by atoms with Crippen LogP contribution in [0.2, 0.25) is 10.0 Å². The van der Waals surface area contributed by atoms with E-state index in [2.05, 4.69) is 10.6 Å². The lowest BCUT2D eigenvalue weighted by atomic mass is 10.2. The van der Waals surface area contributed by atoms with Gasteiger partial charge < -0.3 is 10.1 Å². The van der Waals surface area contributed by atoms with Gasteiger partial charge in [0.05, 0.1) is 22.7 Å². The van der Waals surface area contributed by atoms with Crippen molar-refractivity contribution in [2.45, 2.75) is 0 Å². The molecule has 7 heteroatoms. The van der Waals surface area contributed by atoms with E-state index >= 15 is 0 Å². The summed E-state index contributed by atoms with van der Waals surface area (Å²) >= 11 is 17.1. The minimum absolute atomic E-state index is 0.145. The third-order valence-corrected chi connectivity index (χ3v) is 3.58. The number of anilines is 1. The number of amides is 1. The van der Waals surface area contributed by atoms with Crippen molar-refractivity contribution in [3.63, 3.8) is 0 Å². The largest absolute Gasteiger partial charge is 0.495 e. The Kier molecular flexibility index (Phi) is 5.60. The van der Waals surface area contributed by atoms with Crippen LogP contribution in [0.3, 0.4) is 0 Å². The van der Waals surface area contributed by atoms with Crippen LogP contribution in [0.4, 0.5) is 5.69 Å².